The molecule has 122 valence electrons. The first-order chi connectivity index (χ1) is 11.8. The van der Waals surface area contributed by atoms with E-state index in [0.29, 0.717) is 5.92 Å². The van der Waals surface area contributed by atoms with E-state index in [1.165, 1.54) is 10.7 Å². The van der Waals surface area contributed by atoms with E-state index in [1.807, 2.05) is 0 Å². The molecule has 0 heterocycles. The zero-order valence-electron chi connectivity index (χ0n) is 14.1. The van der Waals surface area contributed by atoms with Crippen molar-refractivity contribution in [2.24, 2.45) is 5.92 Å². The molecule has 2 heteroatoms. The summed E-state index contributed by atoms with van der Waals surface area (Å²) in [6.07, 6.45) is 0. The van der Waals surface area contributed by atoms with Crippen LogP contribution in [0.5, 0.6) is 0 Å². The van der Waals surface area contributed by atoms with E-state index in [1.54, 1.807) is 0 Å². The molecule has 24 heavy (non-hydrogen) atoms. The second-order valence-corrected chi connectivity index (χ2v) is 17.8. The summed E-state index contributed by atoms with van der Waals surface area (Å²) in [6.45, 7) is 2.41. The molecule has 0 saturated carbocycles. The van der Waals surface area contributed by atoms with Gasteiger partial charge in [-0.3, -0.25) is 0 Å². The summed E-state index contributed by atoms with van der Waals surface area (Å²) in [5.41, 5.74) is 0. The van der Waals surface area contributed by atoms with Crippen LogP contribution in [0.3, 0.4) is 0 Å². The van der Waals surface area contributed by atoms with Gasteiger partial charge in [-0.2, -0.15) is 0 Å². The van der Waals surface area contributed by atoms with Gasteiger partial charge in [-0.1, -0.05) is 0 Å². The van der Waals surface area contributed by atoms with Crippen molar-refractivity contribution in [3.63, 3.8) is 0 Å². The van der Waals surface area contributed by atoms with Gasteiger partial charge in [0.25, 0.3) is 0 Å². The Hall–Kier alpha value is -1.58. The van der Waals surface area contributed by atoms with E-state index in [9.17, 15) is 5.11 Å². The molecule has 0 fully saturated rings. The van der Waals surface area contributed by atoms with Crippen molar-refractivity contribution in [3.05, 3.63) is 91.0 Å². The second kappa shape index (κ2) is 8.00. The van der Waals surface area contributed by atoms with E-state index in [4.69, 9.17) is 0 Å². The van der Waals surface area contributed by atoms with Crippen LogP contribution in [0.25, 0.3) is 0 Å². The Morgan fingerprint density at radius 1 is 0.667 bits per heavy atom. The van der Waals surface area contributed by atoms with E-state index >= 15 is 0 Å². The monoisotopic (exact) mass is 424 g/mol. The first-order valence-electron chi connectivity index (χ1n) is 8.55. The third kappa shape index (κ3) is 3.42. The van der Waals surface area contributed by atoms with Crippen LogP contribution in [0, 0.1) is 5.92 Å². The van der Waals surface area contributed by atoms with Gasteiger partial charge >= 0.3 is 149 Å². The van der Waals surface area contributed by atoms with E-state index in [0.717, 1.165) is 4.44 Å². The Labute approximate surface area is 148 Å². The fourth-order valence-electron chi connectivity index (χ4n) is 3.61. The van der Waals surface area contributed by atoms with Crippen molar-refractivity contribution in [1.29, 1.82) is 0 Å². The van der Waals surface area contributed by atoms with Gasteiger partial charge < -0.3 is 0 Å². The van der Waals surface area contributed by atoms with E-state index in [-0.39, 0.29) is 6.61 Å². The Bertz CT molecular complexity index is 644. The second-order valence-electron chi connectivity index (χ2n) is 6.50. The van der Waals surface area contributed by atoms with Gasteiger partial charge in [0.15, 0.2) is 0 Å². The van der Waals surface area contributed by atoms with Gasteiger partial charge in [0.05, 0.1) is 0 Å². The van der Waals surface area contributed by atoms with Crippen molar-refractivity contribution in [3.8, 4) is 0 Å². The first kappa shape index (κ1) is 17.2. The van der Waals surface area contributed by atoms with Gasteiger partial charge in [0.1, 0.15) is 0 Å². The first-order valence-corrected chi connectivity index (χ1v) is 14.8. The molecular formula is C22H24OSn. The van der Waals surface area contributed by atoms with Gasteiger partial charge in [-0.15, -0.1) is 0 Å². The van der Waals surface area contributed by atoms with Crippen molar-refractivity contribution >= 4 is 29.1 Å². The standard InChI is InChI=1S/3C6H5.C4H9O.Sn/c3*1-2-4-6-5-3-1;1-4(2)3-5;/h3*1-5H;4-5H,1,3H2,2H3;/t;;;4-;/m...0./s1. The summed E-state index contributed by atoms with van der Waals surface area (Å²) in [4.78, 5) is 0. The van der Waals surface area contributed by atoms with Crippen LogP contribution >= 0.6 is 0 Å². The molecule has 0 aliphatic rings. The summed E-state index contributed by atoms with van der Waals surface area (Å²) < 4.78 is 5.50. The summed E-state index contributed by atoms with van der Waals surface area (Å²) in [5, 5.41) is 9.77. The Kier molecular flexibility index (Phi) is 5.75. The number of aliphatic hydroxyl groups excluding tert-OH is 1. The zero-order valence-corrected chi connectivity index (χ0v) is 17.0. The van der Waals surface area contributed by atoms with Gasteiger partial charge in [-0.05, 0) is 0 Å². The quantitative estimate of drug-likeness (QED) is 0.605. The number of rotatable bonds is 6. The summed E-state index contributed by atoms with van der Waals surface area (Å²) in [6, 6.07) is 32.9. The van der Waals surface area contributed by atoms with Crippen LogP contribution in [-0.2, 0) is 0 Å². The van der Waals surface area contributed by atoms with Crippen LogP contribution in [-0.4, -0.2) is 30.1 Å². The molecule has 0 aliphatic heterocycles. The van der Waals surface area contributed by atoms with Gasteiger partial charge in [-0.25, -0.2) is 0 Å². The molecule has 3 rings (SSSR count). The van der Waals surface area contributed by atoms with Crippen LogP contribution in [0.4, 0.5) is 0 Å². The van der Waals surface area contributed by atoms with Crippen LogP contribution in [0.15, 0.2) is 91.0 Å². The SMILES string of the molecule is C[C@@H](CO)[CH2][Sn]([c]1ccccc1)([c]1ccccc1)[c]1ccccc1. The Balaban J connectivity index is 2.28. The van der Waals surface area contributed by atoms with Crippen LogP contribution < -0.4 is 10.7 Å². The van der Waals surface area contributed by atoms with Gasteiger partial charge in [0.2, 0.25) is 0 Å². The molecule has 0 bridgehead atoms. The molecule has 0 amide bonds. The molecule has 0 spiro atoms. The van der Waals surface area contributed by atoms with Crippen molar-refractivity contribution in [2.45, 2.75) is 11.4 Å². The number of aliphatic hydroxyl groups is 1. The molecule has 0 radical (unpaired) electrons. The van der Waals surface area contributed by atoms with Crippen LogP contribution in [0.2, 0.25) is 4.44 Å². The third-order valence-corrected chi connectivity index (χ3v) is 19.8. The number of benzene rings is 3. The molecule has 0 aliphatic carbocycles. The average Bonchev–Trinajstić information content (AvgIpc) is 2.68. The minimum absolute atomic E-state index is 0.241. The fourth-order valence-corrected chi connectivity index (χ4v) is 18.4. The molecule has 1 nitrogen and oxygen atoms in total. The zero-order chi connectivity index (χ0) is 16.8. The van der Waals surface area contributed by atoms with Crippen molar-refractivity contribution < 1.29 is 5.11 Å². The molecule has 1 atom stereocenters. The summed E-state index contributed by atoms with van der Waals surface area (Å²) in [5.74, 6) is 0.293. The summed E-state index contributed by atoms with van der Waals surface area (Å²) in [7, 11) is 0. The van der Waals surface area contributed by atoms with Crippen molar-refractivity contribution in [1.82, 2.24) is 0 Å². The summed E-state index contributed by atoms with van der Waals surface area (Å²) >= 11 is -3.15. The molecule has 1 N–H and O–H groups in total. The van der Waals surface area contributed by atoms with Crippen molar-refractivity contribution in [2.75, 3.05) is 6.61 Å². The average molecular weight is 423 g/mol. The number of hydrogen-bond acceptors (Lipinski definition) is 1. The third-order valence-electron chi connectivity index (χ3n) is 4.77. The Morgan fingerprint density at radius 3 is 1.29 bits per heavy atom. The topological polar surface area (TPSA) is 20.2 Å². The maximum atomic E-state index is 9.77. The number of hydrogen-bond donors (Lipinski definition) is 1. The fraction of sp³-hybridized carbons (Fsp3) is 0.182. The normalized spacial score (nSPS) is 12.8. The molecule has 3 aromatic carbocycles. The predicted molar refractivity (Wildman–Crippen MR) is 105 cm³/mol. The molecule has 0 aromatic heterocycles. The molecule has 0 unspecified atom stereocenters. The van der Waals surface area contributed by atoms with E-state index in [2.05, 4.69) is 97.9 Å². The Morgan fingerprint density at radius 2 is 1.00 bits per heavy atom. The van der Waals surface area contributed by atoms with Gasteiger partial charge in [0, 0.05) is 0 Å². The minimum atomic E-state index is -3.15. The molecular weight excluding hydrogens is 399 g/mol. The van der Waals surface area contributed by atoms with E-state index < -0.39 is 18.4 Å². The molecule has 0 saturated heterocycles. The maximum absolute atomic E-state index is 9.77. The predicted octanol–water partition coefficient (Wildman–Crippen LogP) is 2.79. The van der Waals surface area contributed by atoms with Crippen LogP contribution in [0.1, 0.15) is 6.92 Å². The molecule has 3 aromatic rings.